The maximum absolute atomic E-state index is 14.0. The predicted molar refractivity (Wildman–Crippen MR) is 152 cm³/mol. The second-order valence-electron chi connectivity index (χ2n) is 9.61. The normalized spacial score (nSPS) is 16.0. The third-order valence-corrected chi connectivity index (χ3v) is 7.44. The van der Waals surface area contributed by atoms with Gasteiger partial charge in [0.1, 0.15) is 6.10 Å². The third-order valence-electron chi connectivity index (χ3n) is 6.74. The minimum atomic E-state index is -0.925. The van der Waals surface area contributed by atoms with Gasteiger partial charge in [0.15, 0.2) is 0 Å². The number of nitro groups is 1. The third kappa shape index (κ3) is 6.47. The van der Waals surface area contributed by atoms with E-state index in [1.807, 2.05) is 54.2 Å². The highest BCUT2D eigenvalue weighted by molar-refractivity contribution is 7.08. The van der Waals surface area contributed by atoms with Gasteiger partial charge in [0.2, 0.25) is 0 Å². The lowest BCUT2D eigenvalue weighted by atomic mass is 9.80. The van der Waals surface area contributed by atoms with E-state index in [1.54, 1.807) is 19.9 Å². The second-order valence-corrected chi connectivity index (χ2v) is 10.4. The Labute approximate surface area is 236 Å². The first-order valence-corrected chi connectivity index (χ1v) is 13.6. The van der Waals surface area contributed by atoms with Crippen LogP contribution in [0, 0.1) is 10.1 Å². The molecule has 4 rings (SSSR count). The molecule has 9 nitrogen and oxygen atoms in total. The monoisotopic (exact) mass is 561 g/mol. The van der Waals surface area contributed by atoms with Crippen LogP contribution in [0.15, 0.2) is 94.0 Å². The predicted octanol–water partition coefficient (Wildman–Crippen LogP) is 5.48. The van der Waals surface area contributed by atoms with Gasteiger partial charge >= 0.3 is 11.9 Å². The van der Waals surface area contributed by atoms with Crippen LogP contribution in [0.4, 0.5) is 5.69 Å². The molecule has 2 heterocycles. The molecule has 0 spiro atoms. The van der Waals surface area contributed by atoms with Crippen LogP contribution in [0.5, 0.6) is 0 Å². The van der Waals surface area contributed by atoms with Crippen molar-refractivity contribution in [1.82, 2.24) is 10.2 Å². The molecule has 0 radical (unpaired) electrons. The number of esters is 2. The number of carbonyl (C=O) groups is 2. The summed E-state index contributed by atoms with van der Waals surface area (Å²) in [5.41, 5.74) is 3.61. The maximum Gasteiger partial charge on any atom is 0.337 e. The number of carbonyl (C=O) groups excluding carboxylic acids is 2. The molecule has 3 aromatic rings. The van der Waals surface area contributed by atoms with Gasteiger partial charge in [-0.1, -0.05) is 42.5 Å². The maximum atomic E-state index is 14.0. The fraction of sp³-hybridized carbons (Fsp3) is 0.267. The van der Waals surface area contributed by atoms with Crippen molar-refractivity contribution in [1.29, 1.82) is 0 Å². The van der Waals surface area contributed by atoms with Crippen LogP contribution in [-0.2, 0) is 25.6 Å². The molecular weight excluding hydrogens is 530 g/mol. The number of nitrogens with zero attached hydrogens (tertiary/aromatic N) is 2. The van der Waals surface area contributed by atoms with Crippen molar-refractivity contribution in [3.05, 3.63) is 121 Å². The zero-order valence-corrected chi connectivity index (χ0v) is 23.6. The molecule has 40 heavy (non-hydrogen) atoms. The average molecular weight is 562 g/mol. The Morgan fingerprint density at radius 2 is 1.75 bits per heavy atom. The highest BCUT2D eigenvalue weighted by Gasteiger charge is 2.39. The van der Waals surface area contributed by atoms with E-state index >= 15 is 0 Å². The molecule has 0 aliphatic carbocycles. The lowest BCUT2D eigenvalue weighted by molar-refractivity contribution is -0.384. The fourth-order valence-electron chi connectivity index (χ4n) is 4.90. The van der Waals surface area contributed by atoms with Crippen molar-refractivity contribution in [2.75, 3.05) is 20.7 Å². The molecule has 10 heteroatoms. The van der Waals surface area contributed by atoms with Crippen LogP contribution in [-0.4, -0.2) is 42.5 Å². The number of hydrogen-bond acceptors (Lipinski definition) is 9. The van der Waals surface area contributed by atoms with E-state index in [1.165, 1.54) is 36.6 Å². The number of non-ortho nitro benzene ring substituents is 1. The standard InChI is InChI=1S/C30H31N3O6S/c1-19-26(29(34)38-4)28(22-11-8-12-24(15-22)33(36)37)27(20(2)31-19)30(35)39-25(23-13-14-40-18-23)17-32(3)16-21-9-6-5-7-10-21/h5-15,18,25,28,31H,16-17H2,1-4H3. The quantitative estimate of drug-likeness (QED) is 0.197. The molecule has 2 unspecified atom stereocenters. The van der Waals surface area contributed by atoms with E-state index in [9.17, 15) is 19.7 Å². The number of nitro benzene ring substituents is 1. The first-order valence-electron chi connectivity index (χ1n) is 12.7. The zero-order chi connectivity index (χ0) is 28.8. The Bertz CT molecular complexity index is 1450. The number of allylic oxidation sites excluding steroid dienone is 2. The number of nitrogens with one attached hydrogen (secondary N) is 1. The number of rotatable bonds is 10. The molecule has 1 N–H and O–H groups in total. The number of benzene rings is 2. The van der Waals surface area contributed by atoms with Crippen LogP contribution in [0.3, 0.4) is 0 Å². The van der Waals surface area contributed by atoms with Crippen molar-refractivity contribution in [2.45, 2.75) is 32.4 Å². The van der Waals surface area contributed by atoms with Crippen LogP contribution in [0.1, 0.15) is 42.6 Å². The number of likely N-dealkylation sites (N-methyl/N-ethyl adjacent to an activating group) is 1. The molecular formula is C30H31N3O6S. The smallest absolute Gasteiger partial charge is 0.337 e. The molecule has 2 atom stereocenters. The van der Waals surface area contributed by atoms with Crippen molar-refractivity contribution in [2.24, 2.45) is 0 Å². The molecule has 0 saturated heterocycles. The van der Waals surface area contributed by atoms with Crippen molar-refractivity contribution < 1.29 is 24.0 Å². The first-order chi connectivity index (χ1) is 19.2. The van der Waals surface area contributed by atoms with Crippen LogP contribution >= 0.6 is 11.3 Å². The molecule has 0 saturated carbocycles. The van der Waals surface area contributed by atoms with Gasteiger partial charge in [0.25, 0.3) is 5.69 Å². The Kier molecular flexibility index (Phi) is 9.13. The van der Waals surface area contributed by atoms with Gasteiger partial charge < -0.3 is 14.8 Å². The number of ether oxygens (including phenoxy) is 2. The zero-order valence-electron chi connectivity index (χ0n) is 22.7. The van der Waals surface area contributed by atoms with Crippen molar-refractivity contribution in [3.63, 3.8) is 0 Å². The summed E-state index contributed by atoms with van der Waals surface area (Å²) in [4.78, 5) is 40.0. The first kappa shape index (κ1) is 28.7. The Balaban J connectivity index is 1.69. The molecule has 1 aliphatic rings. The topological polar surface area (TPSA) is 111 Å². The number of methoxy groups -OCH3 is 1. The van der Waals surface area contributed by atoms with Gasteiger partial charge in [-0.15, -0.1) is 0 Å². The lowest BCUT2D eigenvalue weighted by Crippen LogP contribution is -2.34. The average Bonchev–Trinajstić information content (AvgIpc) is 3.47. The summed E-state index contributed by atoms with van der Waals surface area (Å²) in [5, 5.41) is 18.5. The minimum Gasteiger partial charge on any atom is -0.466 e. The van der Waals surface area contributed by atoms with E-state index < -0.39 is 28.9 Å². The van der Waals surface area contributed by atoms with Crippen LogP contribution in [0.2, 0.25) is 0 Å². The highest BCUT2D eigenvalue weighted by atomic mass is 32.1. The summed E-state index contributed by atoms with van der Waals surface area (Å²) in [6.45, 7) is 4.51. The van der Waals surface area contributed by atoms with E-state index in [-0.39, 0.29) is 16.8 Å². The molecule has 0 amide bonds. The summed E-state index contributed by atoms with van der Waals surface area (Å²) in [5.74, 6) is -2.19. The van der Waals surface area contributed by atoms with Gasteiger partial charge in [-0.3, -0.25) is 15.0 Å². The molecule has 2 aromatic carbocycles. The lowest BCUT2D eigenvalue weighted by Gasteiger charge is -2.31. The Hall–Kier alpha value is -4.28. The summed E-state index contributed by atoms with van der Waals surface area (Å²) < 4.78 is 11.2. The molecule has 1 aromatic heterocycles. The van der Waals surface area contributed by atoms with Gasteiger partial charge in [-0.05, 0) is 48.8 Å². The van der Waals surface area contributed by atoms with Crippen molar-refractivity contribution >= 4 is 29.0 Å². The summed E-state index contributed by atoms with van der Waals surface area (Å²) >= 11 is 1.50. The summed E-state index contributed by atoms with van der Waals surface area (Å²) in [7, 11) is 3.21. The van der Waals surface area contributed by atoms with Gasteiger partial charge in [0.05, 0.1) is 29.1 Å². The number of hydrogen-bond donors (Lipinski definition) is 1. The molecule has 0 fully saturated rings. The Morgan fingerprint density at radius 1 is 1.05 bits per heavy atom. The van der Waals surface area contributed by atoms with Gasteiger partial charge in [-0.25, -0.2) is 9.59 Å². The fourth-order valence-corrected chi connectivity index (χ4v) is 5.60. The molecule has 0 bridgehead atoms. The second kappa shape index (κ2) is 12.7. The summed E-state index contributed by atoms with van der Waals surface area (Å²) in [6, 6.07) is 17.8. The Morgan fingerprint density at radius 3 is 2.38 bits per heavy atom. The highest BCUT2D eigenvalue weighted by Crippen LogP contribution is 2.41. The van der Waals surface area contributed by atoms with Gasteiger partial charge in [0, 0.05) is 42.2 Å². The van der Waals surface area contributed by atoms with E-state index in [0.29, 0.717) is 30.0 Å². The minimum absolute atomic E-state index is 0.151. The summed E-state index contributed by atoms with van der Waals surface area (Å²) in [6.07, 6.45) is -0.591. The number of thiophene rings is 1. The van der Waals surface area contributed by atoms with E-state index in [0.717, 1.165) is 11.1 Å². The molecule has 208 valence electrons. The largest absolute Gasteiger partial charge is 0.466 e. The van der Waals surface area contributed by atoms with E-state index in [4.69, 9.17) is 9.47 Å². The van der Waals surface area contributed by atoms with Gasteiger partial charge in [-0.2, -0.15) is 11.3 Å². The SMILES string of the molecule is COC(=O)C1=C(C)NC(C)=C(C(=O)OC(CN(C)Cc2ccccc2)c2ccsc2)C1c1cccc([N+](=O)[O-])c1. The van der Waals surface area contributed by atoms with Crippen LogP contribution in [0.25, 0.3) is 0 Å². The van der Waals surface area contributed by atoms with E-state index in [2.05, 4.69) is 10.2 Å². The molecule has 1 aliphatic heterocycles. The number of dihydropyridines is 1. The van der Waals surface area contributed by atoms with Crippen LogP contribution < -0.4 is 5.32 Å². The van der Waals surface area contributed by atoms with Crippen molar-refractivity contribution in [3.8, 4) is 0 Å².